The van der Waals surface area contributed by atoms with E-state index in [4.69, 9.17) is 4.74 Å². The summed E-state index contributed by atoms with van der Waals surface area (Å²) in [5.74, 6) is 0.967. The molecule has 4 rings (SSSR count). The molecule has 1 aromatic carbocycles. The zero-order valence-corrected chi connectivity index (χ0v) is 12.4. The van der Waals surface area contributed by atoms with Crippen LogP contribution in [0.1, 0.15) is 18.4 Å². The van der Waals surface area contributed by atoms with Gasteiger partial charge in [-0.2, -0.15) is 5.10 Å². The summed E-state index contributed by atoms with van der Waals surface area (Å²) in [5.41, 5.74) is 1.13. The molecule has 3 heterocycles. The number of ether oxygens (including phenoxy) is 1. The van der Waals surface area contributed by atoms with E-state index < -0.39 is 0 Å². The van der Waals surface area contributed by atoms with Crippen LogP contribution in [0, 0.1) is 0 Å². The van der Waals surface area contributed by atoms with Crippen molar-refractivity contribution in [3.63, 3.8) is 0 Å². The lowest BCUT2D eigenvalue weighted by molar-refractivity contribution is -0.139. The highest BCUT2D eigenvalue weighted by Crippen LogP contribution is 2.30. The summed E-state index contributed by atoms with van der Waals surface area (Å²) in [6.07, 6.45) is 6.12. The molecule has 2 aromatic rings. The molecule has 0 saturated carbocycles. The van der Waals surface area contributed by atoms with Crippen LogP contribution < -0.4 is 4.74 Å². The van der Waals surface area contributed by atoms with Gasteiger partial charge in [0.2, 0.25) is 0 Å². The molecule has 22 heavy (non-hydrogen) atoms. The smallest absolute Gasteiger partial charge is 0.264 e. The molecule has 2 unspecified atom stereocenters. The summed E-state index contributed by atoms with van der Waals surface area (Å²) in [4.78, 5) is 14.8. The number of hydrogen-bond acceptors (Lipinski definition) is 3. The van der Waals surface area contributed by atoms with E-state index in [9.17, 15) is 4.79 Å². The van der Waals surface area contributed by atoms with Crippen molar-refractivity contribution in [2.24, 2.45) is 0 Å². The molecule has 2 atom stereocenters. The Kier molecular flexibility index (Phi) is 3.33. The van der Waals surface area contributed by atoms with Gasteiger partial charge in [0.05, 0.1) is 12.6 Å². The minimum atomic E-state index is -0.365. The number of benzene rings is 1. The van der Waals surface area contributed by atoms with Crippen molar-refractivity contribution in [1.29, 1.82) is 0 Å². The third-order valence-electron chi connectivity index (χ3n) is 4.54. The minimum absolute atomic E-state index is 0.117. The summed E-state index contributed by atoms with van der Waals surface area (Å²) in [6.45, 7) is 1.58. The molecule has 1 amide bonds. The number of nitrogens with zero attached hydrogens (tertiary/aromatic N) is 3. The first-order chi connectivity index (χ1) is 10.8. The third kappa shape index (κ3) is 2.36. The van der Waals surface area contributed by atoms with Crippen LogP contribution >= 0.6 is 0 Å². The zero-order valence-electron chi connectivity index (χ0n) is 12.4. The summed E-state index contributed by atoms with van der Waals surface area (Å²) in [7, 11) is 0. The summed E-state index contributed by atoms with van der Waals surface area (Å²) in [5, 5.41) is 4.25. The van der Waals surface area contributed by atoms with Crippen LogP contribution in [0.3, 0.4) is 0 Å². The number of para-hydroxylation sites is 1. The fraction of sp³-hybridized carbons (Fsp3) is 0.412. The molecule has 1 aromatic heterocycles. The number of fused-ring (bicyclic) bond motifs is 1. The fourth-order valence-electron chi connectivity index (χ4n) is 3.44. The van der Waals surface area contributed by atoms with E-state index >= 15 is 0 Å². The van der Waals surface area contributed by atoms with Gasteiger partial charge in [-0.1, -0.05) is 18.2 Å². The molecule has 0 radical (unpaired) electrons. The Hall–Kier alpha value is -2.30. The van der Waals surface area contributed by atoms with Crippen molar-refractivity contribution in [1.82, 2.24) is 14.7 Å². The summed E-state index contributed by atoms with van der Waals surface area (Å²) in [6, 6.07) is 10.0. The normalized spacial score (nSPS) is 23.4. The average molecular weight is 297 g/mol. The Bertz CT molecular complexity index is 643. The van der Waals surface area contributed by atoms with E-state index in [0.29, 0.717) is 6.42 Å². The standard InChI is InChI=1S/C17H19N3O2/c21-17(16-11-13-5-1-2-7-15(13)22-16)20-10-3-6-14(20)12-19-9-4-8-18-19/h1-2,4-5,7-9,14,16H,3,6,10-12H2. The number of amides is 1. The number of likely N-dealkylation sites (tertiary alicyclic amines) is 1. The Morgan fingerprint density at radius 1 is 1.32 bits per heavy atom. The number of rotatable bonds is 3. The second kappa shape index (κ2) is 5.48. The Morgan fingerprint density at radius 3 is 3.05 bits per heavy atom. The van der Waals surface area contributed by atoms with E-state index in [1.54, 1.807) is 6.20 Å². The molecule has 2 aliphatic heterocycles. The van der Waals surface area contributed by atoms with Gasteiger partial charge in [-0.15, -0.1) is 0 Å². The van der Waals surface area contributed by atoms with Crippen molar-refractivity contribution in [2.45, 2.75) is 38.0 Å². The topological polar surface area (TPSA) is 47.4 Å². The zero-order chi connectivity index (χ0) is 14.9. The van der Waals surface area contributed by atoms with E-state index in [0.717, 1.165) is 37.2 Å². The minimum Gasteiger partial charge on any atom is -0.480 e. The monoisotopic (exact) mass is 297 g/mol. The molecule has 114 valence electrons. The van der Waals surface area contributed by atoms with E-state index in [1.165, 1.54) is 0 Å². The molecule has 0 spiro atoms. The van der Waals surface area contributed by atoms with Gasteiger partial charge >= 0.3 is 0 Å². The van der Waals surface area contributed by atoms with Gasteiger partial charge in [-0.05, 0) is 30.5 Å². The lowest BCUT2D eigenvalue weighted by Gasteiger charge is -2.27. The lowest BCUT2D eigenvalue weighted by atomic mass is 10.1. The van der Waals surface area contributed by atoms with E-state index in [2.05, 4.69) is 5.10 Å². The van der Waals surface area contributed by atoms with Crippen LogP contribution in [-0.4, -0.2) is 39.3 Å². The second-order valence-corrected chi connectivity index (χ2v) is 5.97. The SMILES string of the molecule is O=C(C1Cc2ccccc2O1)N1CCCC1Cn1cccn1. The van der Waals surface area contributed by atoms with Crippen LogP contribution in [0.25, 0.3) is 0 Å². The highest BCUT2D eigenvalue weighted by Gasteiger charge is 2.37. The van der Waals surface area contributed by atoms with E-state index in [1.807, 2.05) is 46.1 Å². The van der Waals surface area contributed by atoms with Gasteiger partial charge in [-0.3, -0.25) is 9.48 Å². The van der Waals surface area contributed by atoms with Gasteiger partial charge < -0.3 is 9.64 Å². The Labute approximate surface area is 129 Å². The molecule has 2 aliphatic rings. The van der Waals surface area contributed by atoms with Crippen molar-refractivity contribution in [3.05, 3.63) is 48.3 Å². The number of carbonyl (C=O) groups excluding carboxylic acids is 1. The predicted molar refractivity (Wildman–Crippen MR) is 81.5 cm³/mol. The van der Waals surface area contributed by atoms with Crippen molar-refractivity contribution < 1.29 is 9.53 Å². The van der Waals surface area contributed by atoms with Crippen LogP contribution in [0.4, 0.5) is 0 Å². The maximum Gasteiger partial charge on any atom is 0.264 e. The van der Waals surface area contributed by atoms with Gasteiger partial charge in [0.15, 0.2) is 6.10 Å². The highest BCUT2D eigenvalue weighted by molar-refractivity contribution is 5.83. The van der Waals surface area contributed by atoms with Crippen LogP contribution in [-0.2, 0) is 17.8 Å². The molecular formula is C17H19N3O2. The average Bonchev–Trinajstić information content (AvgIpc) is 3.27. The molecular weight excluding hydrogens is 278 g/mol. The summed E-state index contributed by atoms with van der Waals surface area (Å²) >= 11 is 0. The number of carbonyl (C=O) groups is 1. The Balaban J connectivity index is 1.46. The first-order valence-electron chi connectivity index (χ1n) is 7.84. The quantitative estimate of drug-likeness (QED) is 0.869. The van der Waals surface area contributed by atoms with Gasteiger partial charge in [0.25, 0.3) is 5.91 Å². The third-order valence-corrected chi connectivity index (χ3v) is 4.54. The van der Waals surface area contributed by atoms with Crippen molar-refractivity contribution in [3.8, 4) is 5.75 Å². The molecule has 0 aliphatic carbocycles. The van der Waals surface area contributed by atoms with Gasteiger partial charge in [0.1, 0.15) is 5.75 Å². The van der Waals surface area contributed by atoms with Crippen molar-refractivity contribution in [2.75, 3.05) is 6.54 Å². The fourth-order valence-corrected chi connectivity index (χ4v) is 3.44. The van der Waals surface area contributed by atoms with Gasteiger partial charge in [-0.25, -0.2) is 0 Å². The lowest BCUT2D eigenvalue weighted by Crippen LogP contribution is -2.45. The van der Waals surface area contributed by atoms with Crippen molar-refractivity contribution >= 4 is 5.91 Å². The van der Waals surface area contributed by atoms with Crippen LogP contribution in [0.2, 0.25) is 0 Å². The largest absolute Gasteiger partial charge is 0.480 e. The number of aromatic nitrogens is 2. The van der Waals surface area contributed by atoms with Crippen LogP contribution in [0.5, 0.6) is 5.75 Å². The second-order valence-electron chi connectivity index (χ2n) is 5.97. The van der Waals surface area contributed by atoms with E-state index in [-0.39, 0.29) is 18.1 Å². The maximum atomic E-state index is 12.8. The first kappa shape index (κ1) is 13.4. The molecule has 5 nitrogen and oxygen atoms in total. The molecule has 1 saturated heterocycles. The molecule has 5 heteroatoms. The molecule has 0 bridgehead atoms. The predicted octanol–water partition coefficient (Wildman–Crippen LogP) is 1.88. The first-order valence-corrected chi connectivity index (χ1v) is 7.84. The molecule has 1 fully saturated rings. The van der Waals surface area contributed by atoms with Gasteiger partial charge in [0, 0.05) is 25.4 Å². The van der Waals surface area contributed by atoms with Crippen LogP contribution in [0.15, 0.2) is 42.7 Å². The maximum absolute atomic E-state index is 12.8. The highest BCUT2D eigenvalue weighted by atomic mass is 16.5. The number of hydrogen-bond donors (Lipinski definition) is 0. The Morgan fingerprint density at radius 2 is 2.23 bits per heavy atom. The molecule has 0 N–H and O–H groups in total. The summed E-state index contributed by atoms with van der Waals surface area (Å²) < 4.78 is 7.75.